The van der Waals surface area contributed by atoms with E-state index in [4.69, 9.17) is 5.11 Å². The van der Waals surface area contributed by atoms with Crippen molar-refractivity contribution in [3.8, 4) is 0 Å². The third-order valence-corrected chi connectivity index (χ3v) is 3.13. The van der Waals surface area contributed by atoms with Crippen molar-refractivity contribution in [2.45, 2.75) is 12.8 Å². The van der Waals surface area contributed by atoms with Crippen LogP contribution in [0.1, 0.15) is 23.2 Å². The Labute approximate surface area is 112 Å². The minimum Gasteiger partial charge on any atom is -0.478 e. The second-order valence-corrected chi connectivity index (χ2v) is 4.37. The van der Waals surface area contributed by atoms with Gasteiger partial charge in [0.2, 0.25) is 0 Å². The van der Waals surface area contributed by atoms with E-state index in [2.05, 4.69) is 0 Å². The molecule has 1 saturated heterocycles. The quantitative estimate of drug-likeness (QED) is 0.658. The van der Waals surface area contributed by atoms with Gasteiger partial charge in [-0.1, -0.05) is 0 Å². The second-order valence-electron chi connectivity index (χ2n) is 4.37. The molecule has 1 heterocycles. The summed E-state index contributed by atoms with van der Waals surface area (Å²) in [5.41, 5.74) is -1.60. The van der Waals surface area contributed by atoms with Crippen LogP contribution in [0, 0.1) is 20.2 Å². The van der Waals surface area contributed by atoms with Crippen LogP contribution in [0.4, 0.5) is 17.1 Å². The Kier molecular flexibility index (Phi) is 3.51. The van der Waals surface area contributed by atoms with Crippen LogP contribution in [-0.4, -0.2) is 34.0 Å². The molecule has 0 spiro atoms. The monoisotopic (exact) mass is 281 g/mol. The molecule has 0 unspecified atom stereocenters. The van der Waals surface area contributed by atoms with Gasteiger partial charge in [-0.15, -0.1) is 0 Å². The lowest BCUT2D eigenvalue weighted by Crippen LogP contribution is -2.22. The van der Waals surface area contributed by atoms with Gasteiger partial charge in [0.05, 0.1) is 21.5 Å². The van der Waals surface area contributed by atoms with E-state index in [1.807, 2.05) is 0 Å². The zero-order valence-electron chi connectivity index (χ0n) is 10.3. The van der Waals surface area contributed by atoms with Gasteiger partial charge >= 0.3 is 5.97 Å². The Morgan fingerprint density at radius 2 is 1.75 bits per heavy atom. The van der Waals surface area contributed by atoms with Crippen LogP contribution in [0.5, 0.6) is 0 Å². The summed E-state index contributed by atoms with van der Waals surface area (Å²) in [5.74, 6) is -1.42. The average molecular weight is 281 g/mol. The fourth-order valence-corrected chi connectivity index (χ4v) is 2.29. The van der Waals surface area contributed by atoms with Gasteiger partial charge in [0.25, 0.3) is 11.4 Å². The zero-order chi connectivity index (χ0) is 14.9. The number of carboxylic acids is 1. The van der Waals surface area contributed by atoms with Gasteiger partial charge in [-0.2, -0.15) is 0 Å². The summed E-state index contributed by atoms with van der Waals surface area (Å²) in [6.45, 7) is 0.998. The summed E-state index contributed by atoms with van der Waals surface area (Å²) >= 11 is 0. The number of carbonyl (C=O) groups is 1. The molecule has 0 aliphatic carbocycles. The molecule has 0 aromatic heterocycles. The van der Waals surface area contributed by atoms with Crippen LogP contribution in [0.2, 0.25) is 0 Å². The number of carboxylic acid groups (broad SMARTS) is 1. The number of nitro benzene ring substituents is 2. The molecule has 1 aliphatic heterocycles. The van der Waals surface area contributed by atoms with Crippen molar-refractivity contribution in [3.05, 3.63) is 37.9 Å². The minimum atomic E-state index is -1.42. The number of aromatic carboxylic acids is 1. The van der Waals surface area contributed by atoms with Crippen LogP contribution < -0.4 is 4.90 Å². The van der Waals surface area contributed by atoms with E-state index in [-0.39, 0.29) is 5.69 Å². The first-order valence-corrected chi connectivity index (χ1v) is 5.87. The topological polar surface area (TPSA) is 127 Å². The van der Waals surface area contributed by atoms with E-state index in [0.29, 0.717) is 13.1 Å². The Morgan fingerprint density at radius 1 is 1.15 bits per heavy atom. The molecule has 1 aliphatic rings. The highest BCUT2D eigenvalue weighted by atomic mass is 16.6. The number of nitro groups is 2. The predicted molar refractivity (Wildman–Crippen MR) is 68.2 cm³/mol. The molecule has 106 valence electrons. The minimum absolute atomic E-state index is 0.0504. The van der Waals surface area contributed by atoms with Gasteiger partial charge in [-0.3, -0.25) is 20.2 Å². The first-order chi connectivity index (χ1) is 9.41. The Hall–Kier alpha value is -2.71. The van der Waals surface area contributed by atoms with Gasteiger partial charge in [-0.25, -0.2) is 4.79 Å². The molecule has 1 fully saturated rings. The number of rotatable bonds is 4. The molecule has 9 nitrogen and oxygen atoms in total. The van der Waals surface area contributed by atoms with Crippen LogP contribution >= 0.6 is 0 Å². The first kappa shape index (κ1) is 13.7. The third kappa shape index (κ3) is 2.37. The van der Waals surface area contributed by atoms with Crippen molar-refractivity contribution in [1.82, 2.24) is 0 Å². The lowest BCUT2D eigenvalue weighted by Gasteiger charge is -2.19. The van der Waals surface area contributed by atoms with E-state index in [1.54, 1.807) is 4.90 Å². The van der Waals surface area contributed by atoms with Crippen molar-refractivity contribution < 1.29 is 19.7 Å². The van der Waals surface area contributed by atoms with E-state index in [9.17, 15) is 25.0 Å². The molecule has 1 N–H and O–H groups in total. The molecule has 0 radical (unpaired) electrons. The van der Waals surface area contributed by atoms with Crippen molar-refractivity contribution in [2.75, 3.05) is 18.0 Å². The molecule has 9 heteroatoms. The predicted octanol–water partition coefficient (Wildman–Crippen LogP) is 1.80. The van der Waals surface area contributed by atoms with Gasteiger partial charge in [0.15, 0.2) is 0 Å². The maximum atomic E-state index is 11.3. The lowest BCUT2D eigenvalue weighted by molar-refractivity contribution is -0.393. The Morgan fingerprint density at radius 3 is 2.20 bits per heavy atom. The number of nitrogens with zero attached hydrogens (tertiary/aromatic N) is 3. The van der Waals surface area contributed by atoms with Crippen LogP contribution in [0.15, 0.2) is 12.1 Å². The number of non-ortho nitro benzene ring substituents is 1. The lowest BCUT2D eigenvalue weighted by atomic mass is 10.1. The number of benzene rings is 1. The summed E-state index contributed by atoms with van der Waals surface area (Å²) in [5, 5.41) is 31.0. The Bertz CT molecular complexity index is 559. The van der Waals surface area contributed by atoms with Crippen LogP contribution in [0.3, 0.4) is 0 Å². The molecule has 2 rings (SSSR count). The van der Waals surface area contributed by atoms with Crippen molar-refractivity contribution in [1.29, 1.82) is 0 Å². The molecule has 1 aromatic rings. The molecule has 0 bridgehead atoms. The number of anilines is 1. The van der Waals surface area contributed by atoms with Crippen molar-refractivity contribution in [3.63, 3.8) is 0 Å². The average Bonchev–Trinajstić information content (AvgIpc) is 2.90. The smallest absolute Gasteiger partial charge is 0.338 e. The van der Waals surface area contributed by atoms with Crippen LogP contribution in [-0.2, 0) is 0 Å². The van der Waals surface area contributed by atoms with Gasteiger partial charge in [0.1, 0.15) is 5.69 Å². The maximum Gasteiger partial charge on any atom is 0.338 e. The number of hydrogen-bond donors (Lipinski definition) is 1. The van der Waals surface area contributed by atoms with Crippen molar-refractivity contribution >= 4 is 23.0 Å². The van der Waals surface area contributed by atoms with E-state index < -0.39 is 32.8 Å². The highest BCUT2D eigenvalue weighted by molar-refractivity contribution is 5.98. The molecule has 1 aromatic carbocycles. The molecule has 20 heavy (non-hydrogen) atoms. The first-order valence-electron chi connectivity index (χ1n) is 5.87. The van der Waals surface area contributed by atoms with E-state index in [0.717, 1.165) is 25.0 Å². The molecule has 0 atom stereocenters. The SMILES string of the molecule is O=C(O)c1cc([N+](=O)[O-])cc([N+](=O)[O-])c1N1CCCC1. The fourth-order valence-electron chi connectivity index (χ4n) is 2.29. The zero-order valence-corrected chi connectivity index (χ0v) is 10.3. The summed E-state index contributed by atoms with van der Waals surface area (Å²) in [4.78, 5) is 33.1. The third-order valence-electron chi connectivity index (χ3n) is 3.13. The number of hydrogen-bond acceptors (Lipinski definition) is 6. The van der Waals surface area contributed by atoms with Gasteiger partial charge in [0, 0.05) is 19.2 Å². The summed E-state index contributed by atoms with van der Waals surface area (Å²) in [6, 6.07) is 1.67. The van der Waals surface area contributed by atoms with Crippen LogP contribution in [0.25, 0.3) is 0 Å². The normalized spacial score (nSPS) is 14.3. The maximum absolute atomic E-state index is 11.3. The summed E-state index contributed by atoms with van der Waals surface area (Å²) in [7, 11) is 0. The fraction of sp³-hybridized carbons (Fsp3) is 0.364. The highest BCUT2D eigenvalue weighted by Gasteiger charge is 2.31. The van der Waals surface area contributed by atoms with Gasteiger partial charge in [-0.05, 0) is 12.8 Å². The molecular formula is C11H11N3O6. The van der Waals surface area contributed by atoms with Crippen molar-refractivity contribution in [2.24, 2.45) is 0 Å². The van der Waals surface area contributed by atoms with E-state index >= 15 is 0 Å². The largest absolute Gasteiger partial charge is 0.478 e. The standard InChI is InChI=1S/C11H11N3O6/c15-11(16)8-5-7(13(17)18)6-9(14(19)20)10(8)12-3-1-2-4-12/h5-6H,1-4H2,(H,15,16). The second kappa shape index (κ2) is 5.11. The summed E-state index contributed by atoms with van der Waals surface area (Å²) in [6.07, 6.45) is 1.60. The molecular weight excluding hydrogens is 270 g/mol. The summed E-state index contributed by atoms with van der Waals surface area (Å²) < 4.78 is 0. The molecule has 0 saturated carbocycles. The van der Waals surface area contributed by atoms with Gasteiger partial charge < -0.3 is 10.0 Å². The Balaban J connectivity index is 2.70. The molecule has 0 amide bonds. The van der Waals surface area contributed by atoms with E-state index in [1.165, 1.54) is 0 Å². The highest BCUT2D eigenvalue weighted by Crippen LogP contribution is 2.37.